The lowest BCUT2D eigenvalue weighted by molar-refractivity contribution is -0.149. The van der Waals surface area contributed by atoms with Gasteiger partial charge in [-0.2, -0.15) is 26.3 Å². The molecule has 0 bridgehead atoms. The minimum atomic E-state index is -4.87. The third-order valence-corrected chi connectivity index (χ3v) is 9.78. The number of carboxylic acid groups (broad SMARTS) is 2. The van der Waals surface area contributed by atoms with E-state index >= 15 is 0 Å². The van der Waals surface area contributed by atoms with Crippen molar-refractivity contribution in [3.05, 3.63) is 105 Å². The summed E-state index contributed by atoms with van der Waals surface area (Å²) in [5.41, 5.74) is 13.8. The monoisotopic (exact) mass is 961 g/mol. The van der Waals surface area contributed by atoms with Crippen LogP contribution < -0.4 is 17.2 Å². The van der Waals surface area contributed by atoms with E-state index in [1.807, 2.05) is 0 Å². The third kappa shape index (κ3) is 12.8. The zero-order valence-electron chi connectivity index (χ0n) is 33.9. The van der Waals surface area contributed by atoms with Gasteiger partial charge in [0.05, 0.1) is 31.1 Å². The number of amides is 2. The van der Waals surface area contributed by atoms with Crippen LogP contribution in [-0.2, 0) is 61.0 Å². The van der Waals surface area contributed by atoms with Crippen LogP contribution in [0.15, 0.2) is 24.3 Å². The molecule has 16 nitrogen and oxygen atoms in total. The van der Waals surface area contributed by atoms with Crippen LogP contribution in [0.2, 0.25) is 0 Å². The van der Waals surface area contributed by atoms with Gasteiger partial charge in [0.1, 0.15) is 11.6 Å². The van der Waals surface area contributed by atoms with E-state index in [0.29, 0.717) is 39.9 Å². The van der Waals surface area contributed by atoms with Crippen LogP contribution >= 0.6 is 0 Å². The molecule has 2 aromatic carbocycles. The van der Waals surface area contributed by atoms with E-state index in [1.54, 1.807) is 0 Å². The molecular formula is C38H39F12N9O7. The van der Waals surface area contributed by atoms with Crippen LogP contribution in [0.25, 0.3) is 0 Å². The number of nitrogens with zero attached hydrogens (tertiary/aromatic N) is 6. The van der Waals surface area contributed by atoms with Crippen molar-refractivity contribution in [2.45, 2.75) is 76.3 Å². The Morgan fingerprint density at radius 2 is 0.909 bits per heavy atom. The van der Waals surface area contributed by atoms with Crippen LogP contribution in [0.3, 0.4) is 0 Å². The number of imidazole rings is 2. The number of aliphatic hydroxyl groups is 1. The molecule has 66 heavy (non-hydrogen) atoms. The molecule has 0 aliphatic carbocycles. The van der Waals surface area contributed by atoms with E-state index < -0.39 is 119 Å². The summed E-state index contributed by atoms with van der Waals surface area (Å²) >= 11 is 0. The number of alkyl halides is 6. The number of hydrogen-bond donors (Lipinski definition) is 6. The van der Waals surface area contributed by atoms with E-state index in [4.69, 9.17) is 32.5 Å². The Morgan fingerprint density at radius 1 is 0.591 bits per heavy atom. The second kappa shape index (κ2) is 21.4. The molecule has 0 saturated carbocycles. The maximum atomic E-state index is 13.8. The predicted octanol–water partition coefficient (Wildman–Crippen LogP) is 3.58. The molecule has 0 fully saturated rings. The first kappa shape index (κ1) is 52.4. The fourth-order valence-corrected chi connectivity index (χ4v) is 6.79. The number of aromatic carboxylic acids is 2. The summed E-state index contributed by atoms with van der Waals surface area (Å²) in [6, 6.07) is -0.0157. The van der Waals surface area contributed by atoms with Crippen LogP contribution in [0, 0.1) is 34.9 Å². The highest BCUT2D eigenvalue weighted by molar-refractivity contribution is 5.88. The number of aromatic nitrogens is 4. The Hall–Kier alpha value is -6.26. The van der Waals surface area contributed by atoms with E-state index in [9.17, 15) is 71.9 Å². The molecule has 2 atom stereocenters. The number of carbonyl (C=O) groups excluding carboxylic acids is 2. The zero-order chi connectivity index (χ0) is 49.6. The van der Waals surface area contributed by atoms with Crippen LogP contribution in [0.1, 0.15) is 68.0 Å². The summed E-state index contributed by atoms with van der Waals surface area (Å²) in [4.78, 5) is 56.2. The number of halogens is 12. The topological polar surface area (TPSA) is 249 Å². The smallest absolute Gasteiger partial charge is 0.449 e. The summed E-state index contributed by atoms with van der Waals surface area (Å²) in [5.74, 6) is -14.7. The fraction of sp³-hybridized carbons (Fsp3) is 0.421. The Bertz CT molecular complexity index is 2280. The van der Waals surface area contributed by atoms with Gasteiger partial charge in [0.15, 0.2) is 34.7 Å². The van der Waals surface area contributed by atoms with Gasteiger partial charge in [-0.25, -0.2) is 45.9 Å². The van der Waals surface area contributed by atoms with Gasteiger partial charge in [-0.05, 0) is 36.1 Å². The Kier molecular flexibility index (Phi) is 17.0. The summed E-state index contributed by atoms with van der Waals surface area (Å²) in [6.45, 7) is -1.37. The molecule has 2 amide bonds. The number of aliphatic hydroxyl groups excluding tert-OH is 1. The van der Waals surface area contributed by atoms with Crippen molar-refractivity contribution in [1.29, 1.82) is 0 Å². The number of fused-ring (bicyclic) bond motifs is 2. The SMILES string of the molecule is NCCO.N[C@@H](CC(=O)N1CCn2c(C(F)(F)F)nc(C(=O)O)c2C1)Cc1cc(F)c(F)cc1F.N[C@@H](CC(=O)N1CCn2c(C(F)(F)F)nc(C(=O)O)c2C1)Cc1cc(F)c(F)cc1F. The summed E-state index contributed by atoms with van der Waals surface area (Å²) in [6.07, 6.45) is -11.1. The van der Waals surface area contributed by atoms with Crippen LogP contribution in [-0.4, -0.2) is 106 Å². The molecular weight excluding hydrogens is 922 g/mol. The molecule has 28 heteroatoms. The van der Waals surface area contributed by atoms with Crippen molar-refractivity contribution in [2.75, 3.05) is 26.2 Å². The number of hydrogen-bond acceptors (Lipinski definition) is 10. The largest absolute Gasteiger partial charge is 0.476 e. The molecule has 2 aromatic heterocycles. The standard InChI is InChI=1S/2C18H16F6N4O3.C2H7NO/c2*19-10-6-12(21)11(20)4-8(10)3-9(25)5-14(29)27-1-2-28-13(7-27)15(16(30)31)26-17(28)18(22,23)24;3-1-2-4/h2*4,6,9H,1-3,5,7,25H2,(H,30,31);4H,1-3H2/t2*9-;/m11./s1. The van der Waals surface area contributed by atoms with Gasteiger partial charge in [-0.3, -0.25) is 9.59 Å². The highest BCUT2D eigenvalue weighted by Gasteiger charge is 2.43. The first-order chi connectivity index (χ1) is 30.7. The molecule has 4 aromatic rings. The van der Waals surface area contributed by atoms with Gasteiger partial charge in [-0.15, -0.1) is 0 Å². The summed E-state index contributed by atoms with van der Waals surface area (Å²) in [7, 11) is 0. The number of nitrogens with two attached hydrogens (primary N) is 3. The average molecular weight is 962 g/mol. The number of rotatable bonds is 11. The first-order valence-corrected chi connectivity index (χ1v) is 19.1. The molecule has 362 valence electrons. The average Bonchev–Trinajstić information content (AvgIpc) is 3.82. The lowest BCUT2D eigenvalue weighted by Gasteiger charge is -2.30. The maximum Gasteiger partial charge on any atom is 0.449 e. The Balaban J connectivity index is 0.000000267. The normalized spacial score (nSPS) is 14.5. The van der Waals surface area contributed by atoms with Gasteiger partial charge >= 0.3 is 24.3 Å². The number of carbonyl (C=O) groups is 4. The van der Waals surface area contributed by atoms with Gasteiger partial charge in [0.2, 0.25) is 23.5 Å². The molecule has 9 N–H and O–H groups in total. The lowest BCUT2D eigenvalue weighted by Crippen LogP contribution is -2.42. The van der Waals surface area contributed by atoms with Crippen molar-refractivity contribution in [2.24, 2.45) is 17.2 Å². The maximum absolute atomic E-state index is 13.8. The minimum absolute atomic E-state index is 0.0972. The van der Waals surface area contributed by atoms with Crippen molar-refractivity contribution in [3.8, 4) is 0 Å². The van der Waals surface area contributed by atoms with E-state index in [0.717, 1.165) is 9.80 Å². The van der Waals surface area contributed by atoms with Crippen LogP contribution in [0.4, 0.5) is 52.7 Å². The summed E-state index contributed by atoms with van der Waals surface area (Å²) < 4.78 is 160. The van der Waals surface area contributed by atoms with Crippen LogP contribution in [0.5, 0.6) is 0 Å². The summed E-state index contributed by atoms with van der Waals surface area (Å²) in [5, 5.41) is 26.1. The van der Waals surface area contributed by atoms with E-state index in [-0.39, 0.29) is 81.0 Å². The molecule has 0 saturated heterocycles. The number of benzene rings is 2. The van der Waals surface area contributed by atoms with E-state index in [1.165, 1.54) is 0 Å². The molecule has 6 rings (SSSR count). The molecule has 0 unspecified atom stereocenters. The van der Waals surface area contributed by atoms with Gasteiger partial charge < -0.3 is 51.5 Å². The van der Waals surface area contributed by atoms with Crippen molar-refractivity contribution in [3.63, 3.8) is 0 Å². The predicted molar refractivity (Wildman–Crippen MR) is 201 cm³/mol. The second-order valence-electron chi connectivity index (χ2n) is 14.6. The van der Waals surface area contributed by atoms with Crippen molar-refractivity contribution >= 4 is 23.8 Å². The molecule has 2 aliphatic heterocycles. The second-order valence-corrected chi connectivity index (χ2v) is 14.6. The molecule has 2 aliphatic rings. The van der Waals surface area contributed by atoms with Crippen molar-refractivity contribution < 1.29 is 87.2 Å². The van der Waals surface area contributed by atoms with Crippen molar-refractivity contribution in [1.82, 2.24) is 28.9 Å². The Labute approximate surface area is 364 Å². The van der Waals surface area contributed by atoms with E-state index in [2.05, 4.69) is 9.97 Å². The molecule has 0 radical (unpaired) electrons. The first-order valence-electron chi connectivity index (χ1n) is 19.1. The lowest BCUT2D eigenvalue weighted by atomic mass is 10.0. The van der Waals surface area contributed by atoms with Gasteiger partial charge in [0.25, 0.3) is 0 Å². The minimum Gasteiger partial charge on any atom is -0.476 e. The highest BCUT2D eigenvalue weighted by Crippen LogP contribution is 2.34. The molecule has 4 heterocycles. The van der Waals surface area contributed by atoms with Gasteiger partial charge in [0, 0.05) is 69.8 Å². The molecule has 0 spiro atoms. The Morgan fingerprint density at radius 3 is 1.20 bits per heavy atom. The fourth-order valence-electron chi connectivity index (χ4n) is 6.79. The zero-order valence-corrected chi connectivity index (χ0v) is 33.9. The van der Waals surface area contributed by atoms with Gasteiger partial charge in [-0.1, -0.05) is 0 Å². The number of carboxylic acids is 2. The highest BCUT2D eigenvalue weighted by atomic mass is 19.4. The quantitative estimate of drug-likeness (QED) is 0.0933. The third-order valence-electron chi connectivity index (χ3n) is 9.78.